The molecule has 1 amide bonds. The van der Waals surface area contributed by atoms with Crippen LogP contribution in [0, 0.1) is 0 Å². The van der Waals surface area contributed by atoms with E-state index < -0.39 is 12.1 Å². The van der Waals surface area contributed by atoms with E-state index in [0.717, 1.165) is 19.5 Å². The molecule has 18 heavy (non-hydrogen) atoms. The van der Waals surface area contributed by atoms with Gasteiger partial charge in [0, 0.05) is 24.7 Å². The predicted molar refractivity (Wildman–Crippen MR) is 63.2 cm³/mol. The molecule has 1 rings (SSSR count). The maximum absolute atomic E-state index is 12.1. The number of nitrogens with one attached hydrogen (secondary N) is 1. The highest BCUT2D eigenvalue weighted by Crippen LogP contribution is 2.24. The minimum Gasteiger partial charge on any atom is -0.345 e. The molecule has 1 saturated heterocycles. The average molecular weight is 266 g/mol. The molecule has 1 N–H and O–H groups in total. The number of piperidine rings is 1. The lowest BCUT2D eigenvalue weighted by Crippen LogP contribution is -2.53. The van der Waals surface area contributed by atoms with Gasteiger partial charge in [-0.1, -0.05) is 6.92 Å². The smallest absolute Gasteiger partial charge is 0.345 e. The van der Waals surface area contributed by atoms with Crippen LogP contribution in [0.3, 0.4) is 0 Å². The van der Waals surface area contributed by atoms with Crippen molar-refractivity contribution in [2.75, 3.05) is 13.1 Å². The lowest BCUT2D eigenvalue weighted by molar-refractivity contribution is -0.174. The van der Waals surface area contributed by atoms with Gasteiger partial charge < -0.3 is 5.32 Å². The molecule has 0 aromatic rings. The summed E-state index contributed by atoms with van der Waals surface area (Å²) in [5.41, 5.74) is 0.0685. The zero-order valence-corrected chi connectivity index (χ0v) is 11.1. The van der Waals surface area contributed by atoms with Crippen molar-refractivity contribution in [2.24, 2.45) is 0 Å². The first-order chi connectivity index (χ1) is 8.16. The molecule has 106 valence electrons. The molecule has 0 aromatic heterocycles. The molecule has 3 nitrogen and oxygen atoms in total. The Labute approximate surface area is 106 Å². The van der Waals surface area contributed by atoms with Crippen molar-refractivity contribution in [3.8, 4) is 0 Å². The molecule has 0 saturated carbocycles. The molecule has 1 heterocycles. The molecule has 0 unspecified atom stereocenters. The summed E-state index contributed by atoms with van der Waals surface area (Å²) in [6, 6.07) is -0.358. The summed E-state index contributed by atoms with van der Waals surface area (Å²) in [6.07, 6.45) is -2.64. The topological polar surface area (TPSA) is 32.3 Å². The monoisotopic (exact) mass is 266 g/mol. The normalized spacial score (nSPS) is 19.9. The maximum atomic E-state index is 12.1. The van der Waals surface area contributed by atoms with Gasteiger partial charge in [-0.05, 0) is 33.1 Å². The van der Waals surface area contributed by atoms with Gasteiger partial charge in [0.15, 0.2) is 0 Å². The lowest BCUT2D eigenvalue weighted by Gasteiger charge is -2.42. The van der Waals surface area contributed by atoms with Gasteiger partial charge in [0.05, 0.1) is 0 Å². The maximum Gasteiger partial charge on any atom is 0.471 e. The van der Waals surface area contributed by atoms with Crippen LogP contribution in [0.5, 0.6) is 0 Å². The zero-order valence-electron chi connectivity index (χ0n) is 11.1. The molecule has 1 fully saturated rings. The third-order valence-electron chi connectivity index (χ3n) is 3.81. The van der Waals surface area contributed by atoms with E-state index in [0.29, 0.717) is 12.8 Å². The number of alkyl halides is 3. The molecule has 0 atom stereocenters. The number of likely N-dealkylation sites (tertiary alicyclic amines) is 1. The van der Waals surface area contributed by atoms with Crippen LogP contribution in [0.15, 0.2) is 0 Å². The van der Waals surface area contributed by atoms with E-state index in [1.807, 2.05) is 0 Å². The van der Waals surface area contributed by atoms with Crippen molar-refractivity contribution in [3.05, 3.63) is 0 Å². The van der Waals surface area contributed by atoms with E-state index in [2.05, 4.69) is 31.0 Å². The average Bonchev–Trinajstić information content (AvgIpc) is 2.28. The van der Waals surface area contributed by atoms with Crippen LogP contribution in [-0.2, 0) is 4.79 Å². The van der Waals surface area contributed by atoms with Gasteiger partial charge in [-0.15, -0.1) is 0 Å². The van der Waals surface area contributed by atoms with Gasteiger partial charge in [-0.3, -0.25) is 9.69 Å². The van der Waals surface area contributed by atoms with Crippen LogP contribution in [0.2, 0.25) is 0 Å². The summed E-state index contributed by atoms with van der Waals surface area (Å²) in [5, 5.41) is 2.06. The molecule has 1 aliphatic heterocycles. The first-order valence-corrected chi connectivity index (χ1v) is 6.29. The highest BCUT2D eigenvalue weighted by atomic mass is 19.4. The SMILES string of the molecule is CCC(C)(C)N1CCC(NC(=O)C(F)(F)F)CC1. The van der Waals surface area contributed by atoms with Gasteiger partial charge >= 0.3 is 12.1 Å². The molecule has 1 aliphatic rings. The van der Waals surface area contributed by atoms with E-state index in [1.54, 1.807) is 0 Å². The molecule has 0 spiro atoms. The Bertz CT molecular complexity index is 294. The standard InChI is InChI=1S/C12H21F3N2O/c1-4-11(2,3)17-7-5-9(6-8-17)16-10(18)12(13,14)15/h9H,4-8H2,1-3H3,(H,16,18). The molecule has 6 heteroatoms. The number of rotatable bonds is 3. The van der Waals surface area contributed by atoms with Crippen molar-refractivity contribution in [1.82, 2.24) is 10.2 Å². The summed E-state index contributed by atoms with van der Waals surface area (Å²) in [6.45, 7) is 7.80. The van der Waals surface area contributed by atoms with E-state index in [1.165, 1.54) is 0 Å². The van der Waals surface area contributed by atoms with Gasteiger partial charge in [0.1, 0.15) is 0 Å². The van der Waals surface area contributed by atoms with E-state index in [4.69, 9.17) is 0 Å². The quantitative estimate of drug-likeness (QED) is 0.850. The first-order valence-electron chi connectivity index (χ1n) is 6.29. The van der Waals surface area contributed by atoms with Crippen LogP contribution in [0.1, 0.15) is 40.0 Å². The van der Waals surface area contributed by atoms with E-state index in [9.17, 15) is 18.0 Å². The minimum absolute atomic E-state index is 0.0685. The fourth-order valence-corrected chi connectivity index (χ4v) is 2.12. The number of hydrogen-bond donors (Lipinski definition) is 1. The van der Waals surface area contributed by atoms with Crippen molar-refractivity contribution < 1.29 is 18.0 Å². The van der Waals surface area contributed by atoms with Crippen molar-refractivity contribution in [3.63, 3.8) is 0 Å². The first kappa shape index (κ1) is 15.3. The lowest BCUT2D eigenvalue weighted by atomic mass is 9.94. The zero-order chi connectivity index (χ0) is 14.0. The van der Waals surface area contributed by atoms with Crippen LogP contribution >= 0.6 is 0 Å². The second-order valence-electron chi connectivity index (χ2n) is 5.40. The number of amides is 1. The Balaban J connectivity index is 2.43. The second kappa shape index (κ2) is 5.47. The predicted octanol–water partition coefficient (Wildman–Crippen LogP) is 2.32. The number of carbonyl (C=O) groups is 1. The third-order valence-corrected chi connectivity index (χ3v) is 3.81. The summed E-state index contributed by atoms with van der Waals surface area (Å²) >= 11 is 0. The van der Waals surface area contributed by atoms with Crippen LogP contribution in [0.4, 0.5) is 13.2 Å². The highest BCUT2D eigenvalue weighted by molar-refractivity contribution is 5.81. The largest absolute Gasteiger partial charge is 0.471 e. The fourth-order valence-electron chi connectivity index (χ4n) is 2.12. The van der Waals surface area contributed by atoms with Crippen LogP contribution < -0.4 is 5.32 Å². The van der Waals surface area contributed by atoms with Gasteiger partial charge in [-0.25, -0.2) is 0 Å². The highest BCUT2D eigenvalue weighted by Gasteiger charge is 2.40. The second-order valence-corrected chi connectivity index (χ2v) is 5.40. The number of carbonyl (C=O) groups excluding carboxylic acids is 1. The molecule has 0 radical (unpaired) electrons. The van der Waals surface area contributed by atoms with Gasteiger partial charge in [-0.2, -0.15) is 13.2 Å². The van der Waals surface area contributed by atoms with E-state index >= 15 is 0 Å². The Kier molecular flexibility index (Phi) is 4.64. The van der Waals surface area contributed by atoms with Crippen molar-refractivity contribution >= 4 is 5.91 Å². The number of hydrogen-bond acceptors (Lipinski definition) is 2. The molecule has 0 aromatic carbocycles. The Morgan fingerprint density at radius 1 is 1.28 bits per heavy atom. The number of nitrogens with zero attached hydrogens (tertiary/aromatic N) is 1. The fraction of sp³-hybridized carbons (Fsp3) is 0.917. The van der Waals surface area contributed by atoms with E-state index in [-0.39, 0.29) is 11.6 Å². The van der Waals surface area contributed by atoms with Gasteiger partial charge in [0.2, 0.25) is 0 Å². The van der Waals surface area contributed by atoms with Crippen molar-refractivity contribution in [1.29, 1.82) is 0 Å². The molecule has 0 aliphatic carbocycles. The Morgan fingerprint density at radius 2 is 1.78 bits per heavy atom. The van der Waals surface area contributed by atoms with Crippen molar-refractivity contribution in [2.45, 2.75) is 57.8 Å². The van der Waals surface area contributed by atoms with Crippen LogP contribution in [-0.4, -0.2) is 41.7 Å². The summed E-state index contributed by atoms with van der Waals surface area (Å²) in [7, 11) is 0. The molecular weight excluding hydrogens is 245 g/mol. The molecular formula is C12H21F3N2O. The van der Waals surface area contributed by atoms with Gasteiger partial charge in [0.25, 0.3) is 0 Å². The minimum atomic E-state index is -4.78. The summed E-state index contributed by atoms with van der Waals surface area (Å²) < 4.78 is 36.3. The summed E-state index contributed by atoms with van der Waals surface area (Å²) in [5.74, 6) is -1.82. The Morgan fingerprint density at radius 3 is 2.17 bits per heavy atom. The molecule has 0 bridgehead atoms. The van der Waals surface area contributed by atoms with Crippen LogP contribution in [0.25, 0.3) is 0 Å². The third kappa shape index (κ3) is 3.86. The number of halogens is 3. The summed E-state index contributed by atoms with van der Waals surface area (Å²) in [4.78, 5) is 13.1. The Hall–Kier alpha value is -0.780.